The summed E-state index contributed by atoms with van der Waals surface area (Å²) >= 11 is 0. The fraction of sp³-hybridized carbons (Fsp3) is 0.316. The van der Waals surface area contributed by atoms with Crippen molar-refractivity contribution in [2.75, 3.05) is 18.5 Å². The molecule has 1 aromatic heterocycles. The van der Waals surface area contributed by atoms with Gasteiger partial charge in [-0.2, -0.15) is 13.2 Å². The van der Waals surface area contributed by atoms with Crippen molar-refractivity contribution in [1.82, 2.24) is 9.97 Å². The van der Waals surface area contributed by atoms with Crippen molar-refractivity contribution in [2.24, 2.45) is 10.7 Å². The molecule has 1 aliphatic rings. The zero-order valence-corrected chi connectivity index (χ0v) is 17.2. The molecule has 1 unspecified atom stereocenters. The minimum Gasteiger partial charge on any atom is -0.483 e. The van der Waals surface area contributed by atoms with Crippen LogP contribution >= 0.6 is 0 Å². The number of carboxylic acid groups (broad SMARTS) is 1. The van der Waals surface area contributed by atoms with E-state index in [1.165, 1.54) is 0 Å². The topological polar surface area (TPSA) is 140 Å². The number of amidine groups is 1. The second-order valence-electron chi connectivity index (χ2n) is 6.91. The van der Waals surface area contributed by atoms with Crippen molar-refractivity contribution in [2.45, 2.75) is 24.6 Å². The number of hydrogen-bond acceptors (Lipinski definition) is 7. The molecule has 2 aromatic rings. The van der Waals surface area contributed by atoms with Gasteiger partial charge in [0.25, 0.3) is 18.3 Å². The first kappa shape index (κ1) is 26.5. The number of carbonyl (C=O) groups excluding carboxylic acids is 1. The van der Waals surface area contributed by atoms with Gasteiger partial charge in [-0.15, -0.1) is 0 Å². The Kier molecular flexibility index (Phi) is 7.82. The molecule has 0 radical (unpaired) electrons. The fourth-order valence-corrected chi connectivity index (χ4v) is 2.85. The Morgan fingerprint density at radius 3 is 2.47 bits per heavy atom. The maximum Gasteiger partial charge on any atom is 0.434 e. The number of alkyl halides is 5. The number of halogens is 6. The van der Waals surface area contributed by atoms with Crippen LogP contribution in [0.3, 0.4) is 0 Å². The third kappa shape index (κ3) is 5.78. The fourth-order valence-electron chi connectivity index (χ4n) is 2.85. The van der Waals surface area contributed by atoms with Crippen LogP contribution in [0.4, 0.5) is 32.0 Å². The lowest BCUT2D eigenvalue weighted by atomic mass is 9.85. The van der Waals surface area contributed by atoms with Gasteiger partial charge in [0.05, 0.1) is 12.4 Å². The lowest BCUT2D eigenvalue weighted by Crippen LogP contribution is -2.45. The summed E-state index contributed by atoms with van der Waals surface area (Å²) in [6.07, 6.45) is -3.76. The molecule has 0 saturated carbocycles. The van der Waals surface area contributed by atoms with Gasteiger partial charge in [-0.3, -0.25) is 14.6 Å². The Labute approximate surface area is 187 Å². The van der Waals surface area contributed by atoms with Gasteiger partial charge < -0.3 is 20.9 Å². The van der Waals surface area contributed by atoms with Crippen LogP contribution < -0.4 is 11.1 Å². The highest BCUT2D eigenvalue weighted by Crippen LogP contribution is 2.44. The number of hydrogen-bond donors (Lipinski definition) is 3. The molecule has 3 rings (SSSR count). The second-order valence-corrected chi connectivity index (χ2v) is 6.91. The van der Waals surface area contributed by atoms with Crippen LogP contribution in [0.25, 0.3) is 0 Å². The molecule has 34 heavy (non-hydrogen) atoms. The van der Waals surface area contributed by atoms with E-state index in [2.05, 4.69) is 20.3 Å². The van der Waals surface area contributed by atoms with Crippen molar-refractivity contribution in [3.63, 3.8) is 0 Å². The molecular formula is C19H17F6N5O4. The second kappa shape index (κ2) is 10.0. The van der Waals surface area contributed by atoms with Crippen molar-refractivity contribution in [3.05, 3.63) is 53.4 Å². The van der Waals surface area contributed by atoms with Gasteiger partial charge in [-0.05, 0) is 25.1 Å². The summed E-state index contributed by atoms with van der Waals surface area (Å²) in [5.74, 6) is -5.93. The van der Waals surface area contributed by atoms with E-state index < -0.39 is 52.9 Å². The van der Waals surface area contributed by atoms with Crippen molar-refractivity contribution in [3.8, 4) is 0 Å². The van der Waals surface area contributed by atoms with Crippen LogP contribution in [0.2, 0.25) is 0 Å². The lowest BCUT2D eigenvalue weighted by Gasteiger charge is -2.33. The van der Waals surface area contributed by atoms with Crippen LogP contribution in [0.5, 0.6) is 0 Å². The highest BCUT2D eigenvalue weighted by Gasteiger charge is 2.54. The number of nitrogens with one attached hydrogen (secondary N) is 1. The summed E-state index contributed by atoms with van der Waals surface area (Å²) < 4.78 is 86.3. The van der Waals surface area contributed by atoms with Crippen LogP contribution in [0.1, 0.15) is 28.7 Å². The summed E-state index contributed by atoms with van der Waals surface area (Å²) in [5, 5.41) is 9.14. The van der Waals surface area contributed by atoms with Gasteiger partial charge in [-0.25, -0.2) is 23.1 Å². The number of aromatic nitrogens is 2. The van der Waals surface area contributed by atoms with Crippen molar-refractivity contribution in [1.29, 1.82) is 0 Å². The van der Waals surface area contributed by atoms with E-state index in [9.17, 15) is 31.1 Å². The normalized spacial score (nSPS) is 19.7. The molecule has 2 heterocycles. The van der Waals surface area contributed by atoms with Crippen molar-refractivity contribution < 1.29 is 45.8 Å². The molecule has 184 valence electrons. The monoisotopic (exact) mass is 493 g/mol. The van der Waals surface area contributed by atoms with E-state index in [0.29, 0.717) is 12.4 Å². The molecule has 0 spiro atoms. The predicted octanol–water partition coefficient (Wildman–Crippen LogP) is 2.83. The van der Waals surface area contributed by atoms with E-state index in [4.69, 9.17) is 20.4 Å². The lowest BCUT2D eigenvalue weighted by molar-refractivity contribution is -0.141. The van der Waals surface area contributed by atoms with Crippen LogP contribution in [-0.2, 0) is 21.2 Å². The predicted molar refractivity (Wildman–Crippen MR) is 105 cm³/mol. The molecule has 0 aliphatic carbocycles. The number of nitrogens with two attached hydrogens (primary N) is 1. The summed E-state index contributed by atoms with van der Waals surface area (Å²) in [5.41, 5.74) is 0.661. The minimum absolute atomic E-state index is 0.126. The van der Waals surface area contributed by atoms with Crippen molar-refractivity contribution >= 4 is 23.9 Å². The molecule has 0 saturated heterocycles. The molecular weight excluding hydrogens is 476 g/mol. The Morgan fingerprint density at radius 2 is 1.91 bits per heavy atom. The van der Waals surface area contributed by atoms with E-state index in [1.807, 2.05) is 0 Å². The minimum atomic E-state index is -4.74. The summed E-state index contributed by atoms with van der Waals surface area (Å²) in [6.45, 7) is -0.708. The van der Waals surface area contributed by atoms with Crippen LogP contribution in [-0.4, -0.2) is 52.4 Å². The number of benzene rings is 1. The number of aliphatic imine (C=N–C) groups is 1. The van der Waals surface area contributed by atoms with Crippen LogP contribution in [0.15, 0.2) is 35.6 Å². The third-order valence-electron chi connectivity index (χ3n) is 4.54. The largest absolute Gasteiger partial charge is 0.483 e. The number of nitrogens with zero attached hydrogens (tertiary/aromatic N) is 3. The first-order valence-electron chi connectivity index (χ1n) is 9.13. The number of ether oxygens (including phenoxy) is 1. The van der Waals surface area contributed by atoms with Gasteiger partial charge >= 0.3 is 6.18 Å². The molecule has 1 amide bonds. The Morgan fingerprint density at radius 1 is 1.26 bits per heavy atom. The molecule has 1 aromatic carbocycles. The number of anilines is 1. The van der Waals surface area contributed by atoms with Crippen LogP contribution in [0, 0.1) is 5.82 Å². The molecule has 1 atom stereocenters. The highest BCUT2D eigenvalue weighted by atomic mass is 19.4. The summed E-state index contributed by atoms with van der Waals surface area (Å²) in [6, 6.07) is 2.85. The zero-order chi connectivity index (χ0) is 25.7. The number of amides is 1. The Bertz CT molecular complexity index is 1080. The van der Waals surface area contributed by atoms with Gasteiger partial charge in [-0.1, -0.05) is 0 Å². The van der Waals surface area contributed by atoms with E-state index in [1.54, 1.807) is 0 Å². The summed E-state index contributed by atoms with van der Waals surface area (Å²) in [7, 11) is 0. The number of rotatable bonds is 3. The third-order valence-corrected chi connectivity index (χ3v) is 4.54. The Hall–Kier alpha value is -3.75. The molecule has 9 nitrogen and oxygen atoms in total. The number of carbonyl (C=O) groups is 2. The molecule has 1 aliphatic heterocycles. The van der Waals surface area contributed by atoms with Gasteiger partial charge in [0.1, 0.15) is 30.6 Å². The SMILES string of the molecule is CC1(c2cc(NC(=O)c3cnc(C(F)(F)F)cn3)ccc2F)N=C(N)COCC1(F)F.O=CO. The van der Waals surface area contributed by atoms with Gasteiger partial charge in [0.2, 0.25) is 0 Å². The first-order valence-corrected chi connectivity index (χ1v) is 9.13. The average molecular weight is 493 g/mol. The highest BCUT2D eigenvalue weighted by molar-refractivity contribution is 6.02. The summed E-state index contributed by atoms with van der Waals surface area (Å²) in [4.78, 5) is 30.9. The Balaban J connectivity index is 0.00000129. The molecule has 0 bridgehead atoms. The zero-order valence-electron chi connectivity index (χ0n) is 17.2. The van der Waals surface area contributed by atoms with E-state index in [0.717, 1.165) is 25.1 Å². The first-order chi connectivity index (χ1) is 15.7. The molecule has 4 N–H and O–H groups in total. The molecule has 0 fully saturated rings. The van der Waals surface area contributed by atoms with E-state index >= 15 is 0 Å². The smallest absolute Gasteiger partial charge is 0.434 e. The van der Waals surface area contributed by atoms with Gasteiger partial charge in [0.15, 0.2) is 11.2 Å². The maximum absolute atomic E-state index is 14.7. The van der Waals surface area contributed by atoms with Gasteiger partial charge in [0, 0.05) is 11.3 Å². The maximum atomic E-state index is 14.7. The molecule has 15 heteroatoms. The average Bonchev–Trinajstić information content (AvgIpc) is 2.84. The van der Waals surface area contributed by atoms with E-state index in [-0.39, 0.29) is 24.6 Å². The quantitative estimate of drug-likeness (QED) is 0.441. The standard InChI is InChI=1S/C18H15F6N5O2.CH2O2/c1-16(17(20,21)8-31-7-14(25)29-16)10-4-9(2-3-11(10)19)28-15(30)12-5-27-13(6-26-12)18(22,23)24;2-1-3/h2-6H,7-8H2,1H3,(H2,25,29)(H,28,30);1H,(H,2,3).